The van der Waals surface area contributed by atoms with E-state index in [1.54, 1.807) is 0 Å². The molecular formula is C13H16N2O2. The maximum Gasteiger partial charge on any atom is 0.151 e. The van der Waals surface area contributed by atoms with Crippen LogP contribution in [0.1, 0.15) is 19.7 Å². The van der Waals surface area contributed by atoms with Gasteiger partial charge in [-0.2, -0.15) is 0 Å². The van der Waals surface area contributed by atoms with Crippen LogP contribution in [-0.4, -0.2) is 26.5 Å². The fourth-order valence-corrected chi connectivity index (χ4v) is 1.97. The second-order valence-electron chi connectivity index (χ2n) is 4.41. The molecule has 0 aliphatic heterocycles. The van der Waals surface area contributed by atoms with Gasteiger partial charge in [0.25, 0.3) is 0 Å². The van der Waals surface area contributed by atoms with Crippen LogP contribution in [0.25, 0.3) is 11.0 Å². The van der Waals surface area contributed by atoms with E-state index in [0.717, 1.165) is 23.4 Å². The zero-order chi connectivity index (χ0) is 12.5. The highest BCUT2D eigenvalue weighted by Crippen LogP contribution is 2.19. The van der Waals surface area contributed by atoms with Gasteiger partial charge in [0, 0.05) is 13.0 Å². The molecule has 0 bridgehead atoms. The van der Waals surface area contributed by atoms with Crippen LogP contribution < -0.4 is 0 Å². The summed E-state index contributed by atoms with van der Waals surface area (Å²) in [7, 11) is 0. The van der Waals surface area contributed by atoms with E-state index in [2.05, 4.69) is 4.98 Å². The standard InChI is InChI=1S/C13H16N2O2/c1-3-15-11-7-5-4-6-10(11)14-12(15)8-13(2,17)9-16/h4-7,9,17H,3,8H2,1-2H3. The van der Waals surface area contributed by atoms with E-state index < -0.39 is 5.60 Å². The summed E-state index contributed by atoms with van der Waals surface area (Å²) in [6, 6.07) is 7.81. The van der Waals surface area contributed by atoms with Crippen LogP contribution in [0, 0.1) is 0 Å². The molecule has 1 aromatic carbocycles. The van der Waals surface area contributed by atoms with Crippen molar-refractivity contribution in [3.05, 3.63) is 30.1 Å². The second kappa shape index (κ2) is 4.30. The molecule has 0 fully saturated rings. The molecular weight excluding hydrogens is 216 g/mol. The highest BCUT2D eigenvalue weighted by Gasteiger charge is 2.23. The Balaban J connectivity index is 2.50. The Kier molecular flexibility index (Phi) is 2.98. The van der Waals surface area contributed by atoms with Crippen LogP contribution in [0.4, 0.5) is 0 Å². The summed E-state index contributed by atoms with van der Waals surface area (Å²) >= 11 is 0. The molecule has 0 aliphatic carbocycles. The average Bonchev–Trinajstić information content (AvgIpc) is 2.65. The molecule has 1 unspecified atom stereocenters. The van der Waals surface area contributed by atoms with Gasteiger partial charge in [-0.05, 0) is 26.0 Å². The van der Waals surface area contributed by atoms with Crippen LogP contribution in [-0.2, 0) is 17.8 Å². The topological polar surface area (TPSA) is 55.1 Å². The SMILES string of the molecule is CCn1c(CC(C)(O)C=O)nc2ccccc21. The highest BCUT2D eigenvalue weighted by atomic mass is 16.3. The number of benzene rings is 1. The molecule has 0 amide bonds. The van der Waals surface area contributed by atoms with Crippen molar-refractivity contribution in [2.24, 2.45) is 0 Å². The number of aldehydes is 1. The fraction of sp³-hybridized carbons (Fsp3) is 0.385. The van der Waals surface area contributed by atoms with Crippen molar-refractivity contribution in [3.8, 4) is 0 Å². The first-order chi connectivity index (χ1) is 8.07. The van der Waals surface area contributed by atoms with Gasteiger partial charge in [0.2, 0.25) is 0 Å². The van der Waals surface area contributed by atoms with E-state index in [-0.39, 0.29) is 6.42 Å². The van der Waals surface area contributed by atoms with Crippen LogP contribution in [0.2, 0.25) is 0 Å². The number of nitrogens with zero attached hydrogens (tertiary/aromatic N) is 2. The van der Waals surface area contributed by atoms with Gasteiger partial charge in [0.05, 0.1) is 11.0 Å². The Morgan fingerprint density at radius 2 is 2.18 bits per heavy atom. The second-order valence-corrected chi connectivity index (χ2v) is 4.41. The first-order valence-electron chi connectivity index (χ1n) is 5.70. The van der Waals surface area contributed by atoms with Crippen molar-refractivity contribution in [2.75, 3.05) is 0 Å². The van der Waals surface area contributed by atoms with E-state index in [9.17, 15) is 9.90 Å². The third-order valence-corrected chi connectivity index (χ3v) is 2.82. The monoisotopic (exact) mass is 232 g/mol. The number of para-hydroxylation sites is 2. The number of hydrogen-bond donors (Lipinski definition) is 1. The highest BCUT2D eigenvalue weighted by molar-refractivity contribution is 5.76. The zero-order valence-corrected chi connectivity index (χ0v) is 10.1. The molecule has 0 saturated carbocycles. The van der Waals surface area contributed by atoms with Crippen LogP contribution in [0.3, 0.4) is 0 Å². The van der Waals surface area contributed by atoms with Gasteiger partial charge < -0.3 is 14.5 Å². The van der Waals surface area contributed by atoms with Gasteiger partial charge in [-0.15, -0.1) is 0 Å². The summed E-state index contributed by atoms with van der Waals surface area (Å²) in [6.07, 6.45) is 0.797. The van der Waals surface area contributed by atoms with Crippen LogP contribution in [0.5, 0.6) is 0 Å². The molecule has 0 saturated heterocycles. The quantitative estimate of drug-likeness (QED) is 0.814. The Morgan fingerprint density at radius 1 is 1.47 bits per heavy atom. The Hall–Kier alpha value is -1.68. The van der Waals surface area contributed by atoms with Crippen molar-refractivity contribution in [3.63, 3.8) is 0 Å². The molecule has 2 rings (SSSR count). The first kappa shape index (κ1) is 11.8. The number of carbonyl (C=O) groups is 1. The molecule has 17 heavy (non-hydrogen) atoms. The number of hydrogen-bond acceptors (Lipinski definition) is 3. The Morgan fingerprint density at radius 3 is 2.82 bits per heavy atom. The first-order valence-corrected chi connectivity index (χ1v) is 5.70. The molecule has 4 nitrogen and oxygen atoms in total. The van der Waals surface area contributed by atoms with Crippen molar-refractivity contribution >= 4 is 17.3 Å². The van der Waals surface area contributed by atoms with Gasteiger partial charge in [-0.25, -0.2) is 4.98 Å². The number of fused-ring (bicyclic) bond motifs is 1. The summed E-state index contributed by atoms with van der Waals surface area (Å²) < 4.78 is 2.02. The third-order valence-electron chi connectivity index (χ3n) is 2.82. The van der Waals surface area contributed by atoms with E-state index in [1.165, 1.54) is 6.92 Å². The molecule has 4 heteroatoms. The van der Waals surface area contributed by atoms with Crippen molar-refractivity contribution in [1.82, 2.24) is 9.55 Å². The number of aromatic nitrogens is 2. The minimum atomic E-state index is -1.35. The number of imidazole rings is 1. The van der Waals surface area contributed by atoms with E-state index in [0.29, 0.717) is 6.29 Å². The maximum absolute atomic E-state index is 10.8. The fourth-order valence-electron chi connectivity index (χ4n) is 1.97. The smallest absolute Gasteiger partial charge is 0.151 e. The molecule has 1 N–H and O–H groups in total. The summed E-state index contributed by atoms with van der Waals surface area (Å²) in [5.74, 6) is 0.741. The summed E-state index contributed by atoms with van der Waals surface area (Å²) in [6.45, 7) is 4.29. The largest absolute Gasteiger partial charge is 0.382 e. The lowest BCUT2D eigenvalue weighted by Crippen LogP contribution is -2.30. The molecule has 0 radical (unpaired) electrons. The molecule has 2 aromatic rings. The summed E-state index contributed by atoms with van der Waals surface area (Å²) in [4.78, 5) is 15.2. The van der Waals surface area contributed by atoms with Gasteiger partial charge in [0.1, 0.15) is 11.4 Å². The zero-order valence-electron chi connectivity index (χ0n) is 10.1. The van der Waals surface area contributed by atoms with E-state index in [4.69, 9.17) is 0 Å². The number of carbonyl (C=O) groups excluding carboxylic acids is 1. The van der Waals surface area contributed by atoms with Crippen molar-refractivity contribution in [2.45, 2.75) is 32.4 Å². The number of aryl methyl sites for hydroxylation is 1. The van der Waals surface area contributed by atoms with Crippen LogP contribution in [0.15, 0.2) is 24.3 Å². The molecule has 0 aliphatic rings. The Bertz CT molecular complexity index is 543. The van der Waals surface area contributed by atoms with E-state index in [1.807, 2.05) is 35.8 Å². The van der Waals surface area contributed by atoms with Gasteiger partial charge in [0.15, 0.2) is 6.29 Å². The van der Waals surface area contributed by atoms with Gasteiger partial charge in [-0.3, -0.25) is 0 Å². The van der Waals surface area contributed by atoms with Crippen molar-refractivity contribution < 1.29 is 9.90 Å². The van der Waals surface area contributed by atoms with Gasteiger partial charge in [-0.1, -0.05) is 12.1 Å². The average molecular weight is 232 g/mol. The van der Waals surface area contributed by atoms with Crippen molar-refractivity contribution in [1.29, 1.82) is 0 Å². The normalized spacial score (nSPS) is 14.8. The third kappa shape index (κ3) is 2.22. The lowest BCUT2D eigenvalue weighted by Gasteiger charge is -2.15. The maximum atomic E-state index is 10.8. The minimum Gasteiger partial charge on any atom is -0.382 e. The number of aliphatic hydroxyl groups is 1. The van der Waals surface area contributed by atoms with Crippen LogP contribution >= 0.6 is 0 Å². The summed E-state index contributed by atoms with van der Waals surface area (Å²) in [5, 5.41) is 9.80. The Labute approximate surface area is 99.9 Å². The molecule has 1 atom stereocenters. The number of rotatable bonds is 4. The molecule has 1 heterocycles. The predicted octanol–water partition coefficient (Wildman–Crippen LogP) is 1.55. The minimum absolute atomic E-state index is 0.235. The lowest BCUT2D eigenvalue weighted by molar-refractivity contribution is -0.122. The lowest BCUT2D eigenvalue weighted by atomic mass is 10.0. The molecule has 0 spiro atoms. The van der Waals surface area contributed by atoms with Gasteiger partial charge >= 0.3 is 0 Å². The van der Waals surface area contributed by atoms with E-state index >= 15 is 0 Å². The summed E-state index contributed by atoms with van der Waals surface area (Å²) in [5.41, 5.74) is 0.576. The molecule has 90 valence electrons. The predicted molar refractivity (Wildman–Crippen MR) is 65.8 cm³/mol. The molecule has 1 aromatic heterocycles.